The molecule has 0 unspecified atom stereocenters. The lowest BCUT2D eigenvalue weighted by Crippen LogP contribution is -2.31. The number of benzene rings is 1. The van der Waals surface area contributed by atoms with E-state index in [0.717, 1.165) is 10.6 Å². The Balaban J connectivity index is 2.07. The predicted molar refractivity (Wildman–Crippen MR) is 84.8 cm³/mol. The number of aryl methyl sites for hydroxylation is 1. The average Bonchev–Trinajstić information content (AvgIpc) is 2.91. The molecule has 2 amide bonds. The van der Waals surface area contributed by atoms with E-state index in [4.69, 9.17) is 9.47 Å². The molecular formula is C14H18N4O3S. The van der Waals surface area contributed by atoms with Gasteiger partial charge in [-0.2, -0.15) is 0 Å². The van der Waals surface area contributed by atoms with E-state index in [-0.39, 0.29) is 12.1 Å². The number of hydrogen-bond donors (Lipinski definition) is 2. The molecule has 0 fully saturated rings. The van der Waals surface area contributed by atoms with E-state index in [0.29, 0.717) is 16.6 Å². The fourth-order valence-electron chi connectivity index (χ4n) is 1.93. The van der Waals surface area contributed by atoms with E-state index < -0.39 is 0 Å². The molecule has 118 valence electrons. The van der Waals surface area contributed by atoms with Crippen molar-refractivity contribution < 1.29 is 14.3 Å². The van der Waals surface area contributed by atoms with Crippen molar-refractivity contribution in [3.8, 4) is 11.5 Å². The second-order valence-corrected chi connectivity index (χ2v) is 5.74. The number of ether oxygens (including phenoxy) is 2. The third kappa shape index (κ3) is 3.85. The Bertz CT molecular complexity index is 659. The minimum atomic E-state index is -0.353. The zero-order valence-electron chi connectivity index (χ0n) is 12.8. The number of carbonyl (C=O) groups excluding carboxylic acids is 1. The number of nitrogens with zero attached hydrogens (tertiary/aromatic N) is 2. The van der Waals surface area contributed by atoms with Crippen molar-refractivity contribution in [3.63, 3.8) is 0 Å². The maximum atomic E-state index is 12.0. The van der Waals surface area contributed by atoms with Gasteiger partial charge in [0.25, 0.3) is 0 Å². The molecule has 0 saturated heterocycles. The summed E-state index contributed by atoms with van der Waals surface area (Å²) in [5, 5.41) is 14.4. The Morgan fingerprint density at radius 2 is 2.05 bits per heavy atom. The summed E-state index contributed by atoms with van der Waals surface area (Å²) >= 11 is 1.31. The molecule has 1 aromatic carbocycles. The van der Waals surface area contributed by atoms with Gasteiger partial charge in [0.15, 0.2) is 0 Å². The van der Waals surface area contributed by atoms with Crippen LogP contribution in [0, 0.1) is 6.92 Å². The summed E-state index contributed by atoms with van der Waals surface area (Å²) < 4.78 is 10.5. The summed E-state index contributed by atoms with van der Waals surface area (Å²) in [6.45, 7) is 3.69. The van der Waals surface area contributed by atoms with E-state index >= 15 is 0 Å². The molecule has 1 atom stereocenters. The summed E-state index contributed by atoms with van der Waals surface area (Å²) in [6.07, 6.45) is 0. The quantitative estimate of drug-likeness (QED) is 0.884. The number of amides is 2. The number of rotatable bonds is 5. The van der Waals surface area contributed by atoms with Crippen molar-refractivity contribution in [2.45, 2.75) is 19.9 Å². The first kappa shape index (κ1) is 16.0. The number of nitrogens with one attached hydrogen (secondary N) is 2. The molecule has 0 spiro atoms. The Labute approximate surface area is 132 Å². The van der Waals surface area contributed by atoms with Crippen LogP contribution < -0.4 is 20.1 Å². The molecular weight excluding hydrogens is 304 g/mol. The van der Waals surface area contributed by atoms with Gasteiger partial charge in [0.05, 0.1) is 20.3 Å². The molecule has 7 nitrogen and oxygen atoms in total. The fourth-order valence-corrected chi connectivity index (χ4v) is 2.52. The van der Waals surface area contributed by atoms with Gasteiger partial charge in [-0.3, -0.25) is 5.32 Å². The maximum absolute atomic E-state index is 12.0. The van der Waals surface area contributed by atoms with Crippen LogP contribution in [0.2, 0.25) is 0 Å². The summed E-state index contributed by atoms with van der Waals surface area (Å²) in [5.41, 5.74) is 0.824. The van der Waals surface area contributed by atoms with Crippen molar-refractivity contribution in [2.24, 2.45) is 0 Å². The Morgan fingerprint density at radius 1 is 1.27 bits per heavy atom. The zero-order valence-corrected chi connectivity index (χ0v) is 13.7. The number of hydrogen-bond acceptors (Lipinski definition) is 6. The highest BCUT2D eigenvalue weighted by molar-refractivity contribution is 7.15. The largest absolute Gasteiger partial charge is 0.497 e. The Hall–Kier alpha value is -2.35. The van der Waals surface area contributed by atoms with Crippen LogP contribution >= 0.6 is 11.3 Å². The van der Waals surface area contributed by atoms with Gasteiger partial charge in [-0.25, -0.2) is 4.79 Å². The number of aromatic nitrogens is 2. The SMILES string of the molecule is COc1ccc(OC)c([C@H](C)NC(=O)Nc2nnc(C)s2)c1. The van der Waals surface area contributed by atoms with E-state index in [1.807, 2.05) is 19.9 Å². The van der Waals surface area contributed by atoms with Crippen molar-refractivity contribution in [1.82, 2.24) is 15.5 Å². The summed E-state index contributed by atoms with van der Waals surface area (Å²) in [5.74, 6) is 1.38. The maximum Gasteiger partial charge on any atom is 0.321 e. The fraction of sp³-hybridized carbons (Fsp3) is 0.357. The monoisotopic (exact) mass is 322 g/mol. The summed E-state index contributed by atoms with van der Waals surface area (Å²) in [7, 11) is 3.18. The highest BCUT2D eigenvalue weighted by Crippen LogP contribution is 2.29. The Morgan fingerprint density at radius 3 is 2.64 bits per heavy atom. The highest BCUT2D eigenvalue weighted by atomic mass is 32.1. The standard InChI is InChI=1S/C14H18N4O3S/c1-8(11-7-10(20-3)5-6-12(11)21-4)15-13(19)16-14-18-17-9(2)22-14/h5-8H,1-4H3,(H2,15,16,18,19)/t8-/m0/s1. The van der Waals surface area contributed by atoms with Gasteiger partial charge in [0, 0.05) is 5.56 Å². The van der Waals surface area contributed by atoms with E-state index in [9.17, 15) is 4.79 Å². The predicted octanol–water partition coefficient (Wildman–Crippen LogP) is 2.75. The minimum Gasteiger partial charge on any atom is -0.497 e. The highest BCUT2D eigenvalue weighted by Gasteiger charge is 2.16. The Kier molecular flexibility index (Phi) is 5.16. The van der Waals surface area contributed by atoms with Crippen LogP contribution in [0.25, 0.3) is 0 Å². The van der Waals surface area contributed by atoms with Crippen LogP contribution in [0.5, 0.6) is 11.5 Å². The van der Waals surface area contributed by atoms with E-state index in [1.165, 1.54) is 11.3 Å². The molecule has 0 saturated carbocycles. The topological polar surface area (TPSA) is 85.4 Å². The first-order valence-corrected chi connectivity index (χ1v) is 7.44. The number of anilines is 1. The molecule has 0 aliphatic carbocycles. The van der Waals surface area contributed by atoms with Crippen LogP contribution in [-0.4, -0.2) is 30.4 Å². The van der Waals surface area contributed by atoms with Crippen molar-refractivity contribution in [3.05, 3.63) is 28.8 Å². The molecule has 0 aliphatic rings. The van der Waals surface area contributed by atoms with Gasteiger partial charge in [-0.15, -0.1) is 10.2 Å². The van der Waals surface area contributed by atoms with E-state index in [2.05, 4.69) is 20.8 Å². The van der Waals surface area contributed by atoms with Gasteiger partial charge in [-0.1, -0.05) is 11.3 Å². The lowest BCUT2D eigenvalue weighted by molar-refractivity contribution is 0.249. The van der Waals surface area contributed by atoms with Gasteiger partial charge in [-0.05, 0) is 32.0 Å². The van der Waals surface area contributed by atoms with Crippen LogP contribution in [0.1, 0.15) is 23.5 Å². The molecule has 0 bridgehead atoms. The van der Waals surface area contributed by atoms with Gasteiger partial charge in [0.2, 0.25) is 5.13 Å². The second kappa shape index (κ2) is 7.08. The number of urea groups is 1. The van der Waals surface area contributed by atoms with Gasteiger partial charge < -0.3 is 14.8 Å². The molecule has 8 heteroatoms. The number of carbonyl (C=O) groups is 1. The average molecular weight is 322 g/mol. The molecule has 2 rings (SSSR count). The third-order valence-electron chi connectivity index (χ3n) is 3.00. The van der Waals surface area contributed by atoms with Crippen molar-refractivity contribution in [2.75, 3.05) is 19.5 Å². The molecule has 2 N–H and O–H groups in total. The van der Waals surface area contributed by atoms with Crippen LogP contribution in [0.3, 0.4) is 0 Å². The molecule has 0 aliphatic heterocycles. The smallest absolute Gasteiger partial charge is 0.321 e. The third-order valence-corrected chi connectivity index (χ3v) is 3.75. The lowest BCUT2D eigenvalue weighted by Gasteiger charge is -2.18. The first-order valence-electron chi connectivity index (χ1n) is 6.63. The number of methoxy groups -OCH3 is 2. The van der Waals surface area contributed by atoms with Gasteiger partial charge in [0.1, 0.15) is 16.5 Å². The zero-order chi connectivity index (χ0) is 16.1. The molecule has 0 radical (unpaired) electrons. The minimum absolute atomic E-state index is 0.265. The van der Waals surface area contributed by atoms with Crippen LogP contribution in [0.4, 0.5) is 9.93 Å². The van der Waals surface area contributed by atoms with Crippen LogP contribution in [0.15, 0.2) is 18.2 Å². The summed E-state index contributed by atoms with van der Waals surface area (Å²) in [4.78, 5) is 12.0. The van der Waals surface area contributed by atoms with Crippen LogP contribution in [-0.2, 0) is 0 Å². The second-order valence-electron chi connectivity index (χ2n) is 4.55. The lowest BCUT2D eigenvalue weighted by atomic mass is 10.1. The van der Waals surface area contributed by atoms with Gasteiger partial charge >= 0.3 is 6.03 Å². The first-order chi connectivity index (χ1) is 10.5. The van der Waals surface area contributed by atoms with E-state index in [1.54, 1.807) is 26.4 Å². The molecule has 1 aromatic heterocycles. The van der Waals surface area contributed by atoms with Crippen molar-refractivity contribution in [1.29, 1.82) is 0 Å². The molecule has 2 aromatic rings. The molecule has 1 heterocycles. The molecule has 22 heavy (non-hydrogen) atoms. The summed E-state index contributed by atoms with van der Waals surface area (Å²) in [6, 6.07) is 4.82. The normalized spacial score (nSPS) is 11.6. The van der Waals surface area contributed by atoms with Crippen molar-refractivity contribution >= 4 is 22.5 Å².